The van der Waals surface area contributed by atoms with Gasteiger partial charge in [-0.1, -0.05) is 12.1 Å². The summed E-state index contributed by atoms with van der Waals surface area (Å²) in [5.74, 6) is -0.576. The summed E-state index contributed by atoms with van der Waals surface area (Å²) in [6, 6.07) is 10.2. The van der Waals surface area contributed by atoms with Gasteiger partial charge in [0.05, 0.1) is 31.2 Å². The number of rotatable bonds is 8. The van der Waals surface area contributed by atoms with Gasteiger partial charge in [0.15, 0.2) is 0 Å². The number of nitrogens with zero attached hydrogens (tertiary/aromatic N) is 1. The van der Waals surface area contributed by atoms with Gasteiger partial charge in [0.1, 0.15) is 11.8 Å². The molecule has 0 radical (unpaired) electrons. The highest BCUT2D eigenvalue weighted by Gasteiger charge is 2.30. The van der Waals surface area contributed by atoms with Crippen molar-refractivity contribution < 1.29 is 27.5 Å². The van der Waals surface area contributed by atoms with Crippen LogP contribution in [0.3, 0.4) is 0 Å². The van der Waals surface area contributed by atoms with Gasteiger partial charge in [-0.3, -0.25) is 9.10 Å². The van der Waals surface area contributed by atoms with Crippen LogP contribution < -0.4 is 14.4 Å². The summed E-state index contributed by atoms with van der Waals surface area (Å²) >= 11 is 0. The number of benzene rings is 2. The number of carbonyl (C=O) groups excluding carboxylic acids is 2. The maximum atomic E-state index is 12.9. The summed E-state index contributed by atoms with van der Waals surface area (Å²) in [6.45, 7) is 5.11. The normalized spacial score (nSPS) is 12.0. The first kappa shape index (κ1) is 23.2. The SMILES string of the molecule is CCOC(=O)c1cccc(NC(=O)[C@@H](C)N(c2cccc(OC)c2)S(C)(=O)=O)c1C. The highest BCUT2D eigenvalue weighted by atomic mass is 32.2. The molecule has 0 aliphatic carbocycles. The molecule has 0 bridgehead atoms. The Morgan fingerprint density at radius 2 is 1.83 bits per heavy atom. The van der Waals surface area contributed by atoms with Crippen LogP contribution in [0.15, 0.2) is 42.5 Å². The summed E-state index contributed by atoms with van der Waals surface area (Å²) < 4.78 is 36.1. The summed E-state index contributed by atoms with van der Waals surface area (Å²) in [5.41, 5.74) is 1.56. The molecule has 162 valence electrons. The largest absolute Gasteiger partial charge is 0.497 e. The standard InChI is InChI=1S/C21H26N2O6S/c1-6-29-21(25)18-11-8-12-19(14(18)2)22-20(24)15(3)23(30(5,26)27)16-9-7-10-17(13-16)28-4/h7-13,15H,6H2,1-5H3,(H,22,24)/t15-/m1/s1. The fraction of sp³-hybridized carbons (Fsp3) is 0.333. The molecule has 0 unspecified atom stereocenters. The van der Waals surface area contributed by atoms with Crippen LogP contribution in [-0.2, 0) is 19.6 Å². The molecular formula is C21H26N2O6S. The summed E-state index contributed by atoms with van der Waals surface area (Å²) in [5, 5.41) is 2.71. The van der Waals surface area contributed by atoms with Crippen LogP contribution in [0.4, 0.5) is 11.4 Å². The molecule has 0 aliphatic rings. The zero-order valence-electron chi connectivity index (χ0n) is 17.6. The number of amides is 1. The lowest BCUT2D eigenvalue weighted by molar-refractivity contribution is -0.116. The number of anilines is 2. The lowest BCUT2D eigenvalue weighted by Gasteiger charge is -2.28. The molecule has 8 nitrogen and oxygen atoms in total. The number of hydrogen-bond donors (Lipinski definition) is 1. The predicted molar refractivity (Wildman–Crippen MR) is 116 cm³/mol. The number of ether oxygens (including phenoxy) is 2. The van der Waals surface area contributed by atoms with Gasteiger partial charge in [-0.2, -0.15) is 0 Å². The minimum atomic E-state index is -3.78. The number of carbonyl (C=O) groups is 2. The third kappa shape index (κ3) is 5.29. The number of hydrogen-bond acceptors (Lipinski definition) is 6. The van der Waals surface area contributed by atoms with Crippen molar-refractivity contribution in [1.82, 2.24) is 0 Å². The van der Waals surface area contributed by atoms with Crippen molar-refractivity contribution in [2.75, 3.05) is 29.6 Å². The van der Waals surface area contributed by atoms with E-state index in [0.717, 1.165) is 10.6 Å². The van der Waals surface area contributed by atoms with Crippen molar-refractivity contribution in [3.8, 4) is 5.75 Å². The van der Waals surface area contributed by atoms with Gasteiger partial charge >= 0.3 is 5.97 Å². The summed E-state index contributed by atoms with van der Waals surface area (Å²) in [6.07, 6.45) is 1.03. The quantitative estimate of drug-likeness (QED) is 0.641. The van der Waals surface area contributed by atoms with Crippen LogP contribution in [-0.4, -0.2) is 46.3 Å². The summed E-state index contributed by atoms with van der Waals surface area (Å²) in [7, 11) is -2.30. The van der Waals surface area contributed by atoms with Crippen molar-refractivity contribution in [3.63, 3.8) is 0 Å². The Morgan fingerprint density at radius 3 is 2.43 bits per heavy atom. The van der Waals surface area contributed by atoms with Gasteiger partial charge in [-0.05, 0) is 50.6 Å². The topological polar surface area (TPSA) is 102 Å². The first-order chi connectivity index (χ1) is 14.1. The Hall–Kier alpha value is -3.07. The molecule has 9 heteroatoms. The minimum Gasteiger partial charge on any atom is -0.497 e. The molecule has 2 aromatic rings. The molecular weight excluding hydrogens is 408 g/mol. The average molecular weight is 435 g/mol. The number of sulfonamides is 1. The van der Waals surface area contributed by atoms with E-state index >= 15 is 0 Å². The van der Waals surface area contributed by atoms with Crippen LogP contribution in [0.1, 0.15) is 29.8 Å². The third-order valence-corrected chi connectivity index (χ3v) is 5.72. The number of esters is 1. The van der Waals surface area contributed by atoms with Crippen molar-refractivity contribution in [2.24, 2.45) is 0 Å². The molecule has 0 aliphatic heterocycles. The lowest BCUT2D eigenvalue weighted by atomic mass is 10.1. The number of methoxy groups -OCH3 is 1. The first-order valence-electron chi connectivity index (χ1n) is 9.31. The van der Waals surface area contributed by atoms with E-state index < -0.39 is 27.9 Å². The Labute approximate surface area is 176 Å². The molecule has 0 heterocycles. The van der Waals surface area contributed by atoms with Crippen molar-refractivity contribution in [3.05, 3.63) is 53.6 Å². The van der Waals surface area contributed by atoms with Gasteiger partial charge in [-0.25, -0.2) is 13.2 Å². The first-order valence-corrected chi connectivity index (χ1v) is 11.2. The zero-order valence-corrected chi connectivity index (χ0v) is 18.4. The molecule has 1 atom stereocenters. The fourth-order valence-corrected chi connectivity index (χ4v) is 4.16. The lowest BCUT2D eigenvalue weighted by Crippen LogP contribution is -2.45. The van der Waals surface area contributed by atoms with Crippen molar-refractivity contribution in [2.45, 2.75) is 26.8 Å². The highest BCUT2D eigenvalue weighted by Crippen LogP contribution is 2.26. The molecule has 2 aromatic carbocycles. The van der Waals surface area contributed by atoms with Crippen molar-refractivity contribution in [1.29, 1.82) is 0 Å². The minimum absolute atomic E-state index is 0.232. The Balaban J connectivity index is 2.35. The smallest absolute Gasteiger partial charge is 0.338 e. The predicted octanol–water partition coefficient (Wildman–Crippen LogP) is 2.97. The average Bonchev–Trinajstić information content (AvgIpc) is 2.68. The molecule has 0 aromatic heterocycles. The van der Waals surface area contributed by atoms with Crippen LogP contribution in [0.25, 0.3) is 0 Å². The fourth-order valence-electron chi connectivity index (χ4n) is 2.99. The Morgan fingerprint density at radius 1 is 1.17 bits per heavy atom. The van der Waals surface area contributed by atoms with E-state index in [2.05, 4.69) is 5.32 Å². The van der Waals surface area contributed by atoms with E-state index in [1.165, 1.54) is 20.1 Å². The Bertz CT molecular complexity index is 1040. The number of nitrogens with one attached hydrogen (secondary N) is 1. The maximum Gasteiger partial charge on any atom is 0.338 e. The van der Waals surface area contributed by atoms with Gasteiger partial charge in [-0.15, -0.1) is 0 Å². The second-order valence-corrected chi connectivity index (χ2v) is 8.48. The van der Waals surface area contributed by atoms with E-state index in [1.54, 1.807) is 50.2 Å². The zero-order chi connectivity index (χ0) is 22.5. The second-order valence-electron chi connectivity index (χ2n) is 6.62. The van der Waals surface area contributed by atoms with Crippen molar-refractivity contribution >= 4 is 33.3 Å². The molecule has 0 spiro atoms. The molecule has 2 rings (SSSR count). The van der Waals surface area contributed by atoms with Crippen LogP contribution in [0.2, 0.25) is 0 Å². The molecule has 30 heavy (non-hydrogen) atoms. The van der Waals surface area contributed by atoms with E-state index in [1.807, 2.05) is 0 Å². The van der Waals surface area contributed by atoms with Crippen LogP contribution in [0, 0.1) is 6.92 Å². The van der Waals surface area contributed by atoms with Crippen LogP contribution in [0.5, 0.6) is 5.75 Å². The van der Waals surface area contributed by atoms with Crippen LogP contribution >= 0.6 is 0 Å². The van der Waals surface area contributed by atoms with Gasteiger partial charge < -0.3 is 14.8 Å². The molecule has 0 saturated heterocycles. The Kier molecular flexibility index (Phi) is 7.44. The highest BCUT2D eigenvalue weighted by molar-refractivity contribution is 7.92. The third-order valence-electron chi connectivity index (χ3n) is 4.48. The van der Waals surface area contributed by atoms with E-state index in [9.17, 15) is 18.0 Å². The van der Waals surface area contributed by atoms with E-state index in [4.69, 9.17) is 9.47 Å². The molecule has 1 N–H and O–H groups in total. The van der Waals surface area contributed by atoms with E-state index in [-0.39, 0.29) is 6.61 Å². The maximum absolute atomic E-state index is 12.9. The molecule has 0 fully saturated rings. The van der Waals surface area contributed by atoms with Gasteiger partial charge in [0.2, 0.25) is 15.9 Å². The molecule has 0 saturated carbocycles. The summed E-state index contributed by atoms with van der Waals surface area (Å²) in [4.78, 5) is 25.0. The van der Waals surface area contributed by atoms with E-state index in [0.29, 0.717) is 28.3 Å². The van der Waals surface area contributed by atoms with Gasteiger partial charge in [0.25, 0.3) is 0 Å². The second kappa shape index (κ2) is 9.62. The monoisotopic (exact) mass is 434 g/mol. The van der Waals surface area contributed by atoms with Gasteiger partial charge in [0, 0.05) is 11.8 Å². The molecule has 1 amide bonds.